The second-order valence-electron chi connectivity index (χ2n) is 5.62. The van der Waals surface area contributed by atoms with Gasteiger partial charge in [0, 0.05) is 11.3 Å². The van der Waals surface area contributed by atoms with Crippen LogP contribution >= 0.6 is 11.8 Å². The molecule has 2 rings (SSSR count). The summed E-state index contributed by atoms with van der Waals surface area (Å²) in [5, 5.41) is 2.81. The maximum atomic E-state index is 12.3. The van der Waals surface area contributed by atoms with Gasteiger partial charge in [-0.15, -0.1) is 11.8 Å². The van der Waals surface area contributed by atoms with Gasteiger partial charge in [-0.1, -0.05) is 48.5 Å². The van der Waals surface area contributed by atoms with Crippen molar-refractivity contribution in [1.29, 1.82) is 0 Å². The minimum Gasteiger partial charge on any atom is -0.464 e. The number of thioether (sulfide) groups is 1. The number of benzene rings is 2. The van der Waals surface area contributed by atoms with E-state index in [0.29, 0.717) is 6.42 Å². The quantitative estimate of drug-likeness (QED) is 0.581. The Morgan fingerprint density at radius 2 is 1.76 bits per heavy atom. The molecule has 0 aliphatic carbocycles. The van der Waals surface area contributed by atoms with Crippen molar-refractivity contribution >= 4 is 23.6 Å². The van der Waals surface area contributed by atoms with E-state index in [1.165, 1.54) is 11.8 Å². The molecule has 0 radical (unpaired) electrons. The molecule has 0 fully saturated rings. The second-order valence-corrected chi connectivity index (χ2v) is 6.63. The summed E-state index contributed by atoms with van der Waals surface area (Å²) >= 11 is 1.46. The van der Waals surface area contributed by atoms with Gasteiger partial charge in [0.05, 0.1) is 12.4 Å². The van der Waals surface area contributed by atoms with Crippen molar-refractivity contribution in [3.8, 4) is 0 Å². The lowest BCUT2D eigenvalue weighted by Crippen LogP contribution is -2.44. The van der Waals surface area contributed by atoms with Crippen LogP contribution in [0.5, 0.6) is 0 Å². The van der Waals surface area contributed by atoms with Crippen LogP contribution in [0.3, 0.4) is 0 Å². The van der Waals surface area contributed by atoms with E-state index in [0.717, 1.165) is 16.0 Å². The molecule has 2 aromatic rings. The molecule has 0 bridgehead atoms. The first-order valence-electron chi connectivity index (χ1n) is 8.28. The molecule has 132 valence electrons. The van der Waals surface area contributed by atoms with E-state index in [-0.39, 0.29) is 18.3 Å². The summed E-state index contributed by atoms with van der Waals surface area (Å²) in [6.07, 6.45) is 0.417. The van der Waals surface area contributed by atoms with Gasteiger partial charge in [0.25, 0.3) is 0 Å². The molecule has 0 aliphatic heterocycles. The summed E-state index contributed by atoms with van der Waals surface area (Å²) in [5.74, 6) is -0.321. The molecule has 0 heterocycles. The largest absolute Gasteiger partial charge is 0.464 e. The van der Waals surface area contributed by atoms with Crippen molar-refractivity contribution in [2.75, 3.05) is 12.4 Å². The van der Waals surface area contributed by atoms with Gasteiger partial charge >= 0.3 is 5.97 Å². The predicted octanol–water partition coefficient (Wildman–Crippen LogP) is 3.38. The van der Waals surface area contributed by atoms with Crippen molar-refractivity contribution in [2.45, 2.75) is 31.2 Å². The number of aryl methyl sites for hydroxylation is 1. The number of rotatable bonds is 8. The summed E-state index contributed by atoms with van der Waals surface area (Å²) in [5.41, 5.74) is 2.11. The SMILES string of the molecule is CCOC(=O)C(Cc1ccccc1)NC(=O)CSc1ccccc1C. The van der Waals surface area contributed by atoms with Gasteiger partial charge in [0.15, 0.2) is 0 Å². The number of carbonyl (C=O) groups excluding carboxylic acids is 2. The number of nitrogens with one attached hydrogen (secondary N) is 1. The number of esters is 1. The first kappa shape index (κ1) is 19.1. The lowest BCUT2D eigenvalue weighted by atomic mass is 10.1. The molecular formula is C20H23NO3S. The lowest BCUT2D eigenvalue weighted by Gasteiger charge is -2.17. The molecular weight excluding hydrogens is 334 g/mol. The zero-order valence-corrected chi connectivity index (χ0v) is 15.3. The van der Waals surface area contributed by atoms with Crippen molar-refractivity contribution in [1.82, 2.24) is 5.32 Å². The number of amides is 1. The van der Waals surface area contributed by atoms with E-state index in [1.54, 1.807) is 6.92 Å². The van der Waals surface area contributed by atoms with Gasteiger partial charge in [-0.2, -0.15) is 0 Å². The summed E-state index contributed by atoms with van der Waals surface area (Å²) in [4.78, 5) is 25.5. The average Bonchev–Trinajstić information content (AvgIpc) is 2.61. The predicted molar refractivity (Wildman–Crippen MR) is 101 cm³/mol. The minimum absolute atomic E-state index is 0.178. The van der Waals surface area contributed by atoms with Crippen LogP contribution in [0.15, 0.2) is 59.5 Å². The van der Waals surface area contributed by atoms with Crippen LogP contribution in [-0.4, -0.2) is 30.3 Å². The van der Waals surface area contributed by atoms with E-state index in [2.05, 4.69) is 5.32 Å². The Balaban J connectivity index is 1.96. The van der Waals surface area contributed by atoms with E-state index < -0.39 is 12.0 Å². The Morgan fingerprint density at radius 1 is 1.08 bits per heavy atom. The number of hydrogen-bond acceptors (Lipinski definition) is 4. The molecule has 1 unspecified atom stereocenters. The average molecular weight is 357 g/mol. The van der Waals surface area contributed by atoms with Gasteiger partial charge in [-0.3, -0.25) is 4.79 Å². The Bertz CT molecular complexity index is 703. The third-order valence-electron chi connectivity index (χ3n) is 3.64. The van der Waals surface area contributed by atoms with Gasteiger partial charge in [-0.25, -0.2) is 4.79 Å². The zero-order valence-electron chi connectivity index (χ0n) is 14.5. The molecule has 25 heavy (non-hydrogen) atoms. The zero-order chi connectivity index (χ0) is 18.1. The van der Waals surface area contributed by atoms with Gasteiger partial charge < -0.3 is 10.1 Å². The van der Waals surface area contributed by atoms with Crippen LogP contribution in [-0.2, 0) is 20.7 Å². The number of hydrogen-bond donors (Lipinski definition) is 1. The Hall–Kier alpha value is -2.27. The smallest absolute Gasteiger partial charge is 0.328 e. The maximum absolute atomic E-state index is 12.3. The monoisotopic (exact) mass is 357 g/mol. The third kappa shape index (κ3) is 6.27. The van der Waals surface area contributed by atoms with Crippen molar-refractivity contribution in [2.24, 2.45) is 0 Å². The minimum atomic E-state index is -0.674. The van der Waals surface area contributed by atoms with Gasteiger partial charge in [0.2, 0.25) is 5.91 Å². The molecule has 0 saturated heterocycles. The van der Waals surface area contributed by atoms with E-state index in [1.807, 2.05) is 61.5 Å². The summed E-state index contributed by atoms with van der Waals surface area (Å²) in [6.45, 7) is 4.06. The highest BCUT2D eigenvalue weighted by molar-refractivity contribution is 8.00. The first-order chi connectivity index (χ1) is 12.1. The van der Waals surface area contributed by atoms with Crippen molar-refractivity contribution in [3.05, 3.63) is 65.7 Å². The fraction of sp³-hybridized carbons (Fsp3) is 0.300. The van der Waals surface area contributed by atoms with Gasteiger partial charge in [-0.05, 0) is 31.0 Å². The van der Waals surface area contributed by atoms with Crippen LogP contribution in [0.1, 0.15) is 18.1 Å². The summed E-state index contributed by atoms with van der Waals surface area (Å²) in [7, 11) is 0. The fourth-order valence-electron chi connectivity index (χ4n) is 2.38. The molecule has 1 N–H and O–H groups in total. The molecule has 0 spiro atoms. The molecule has 0 aliphatic rings. The van der Waals surface area contributed by atoms with Crippen LogP contribution in [0.2, 0.25) is 0 Å². The Kier molecular flexibility index (Phi) is 7.54. The molecule has 5 heteroatoms. The molecule has 2 aromatic carbocycles. The highest BCUT2D eigenvalue weighted by Crippen LogP contribution is 2.21. The lowest BCUT2D eigenvalue weighted by molar-refractivity contribution is -0.147. The number of carbonyl (C=O) groups is 2. The molecule has 0 saturated carbocycles. The second kappa shape index (κ2) is 9.89. The first-order valence-corrected chi connectivity index (χ1v) is 9.27. The van der Waals surface area contributed by atoms with Crippen molar-refractivity contribution in [3.63, 3.8) is 0 Å². The molecule has 4 nitrogen and oxygen atoms in total. The standard InChI is InChI=1S/C20H23NO3S/c1-3-24-20(23)17(13-16-10-5-4-6-11-16)21-19(22)14-25-18-12-8-7-9-15(18)2/h4-12,17H,3,13-14H2,1-2H3,(H,21,22). The van der Waals surface area contributed by atoms with Crippen LogP contribution in [0, 0.1) is 6.92 Å². The van der Waals surface area contributed by atoms with Crippen LogP contribution < -0.4 is 5.32 Å². The molecule has 1 amide bonds. The maximum Gasteiger partial charge on any atom is 0.328 e. The Labute approximate surface area is 153 Å². The highest BCUT2D eigenvalue weighted by Gasteiger charge is 2.22. The van der Waals surface area contributed by atoms with Gasteiger partial charge in [0.1, 0.15) is 6.04 Å². The normalized spacial score (nSPS) is 11.6. The summed E-state index contributed by atoms with van der Waals surface area (Å²) < 4.78 is 5.10. The summed E-state index contributed by atoms with van der Waals surface area (Å²) in [6, 6.07) is 16.8. The van der Waals surface area contributed by atoms with E-state index in [4.69, 9.17) is 4.74 Å². The van der Waals surface area contributed by atoms with Crippen LogP contribution in [0.4, 0.5) is 0 Å². The molecule has 1 atom stereocenters. The fourth-order valence-corrected chi connectivity index (χ4v) is 3.22. The topological polar surface area (TPSA) is 55.4 Å². The van der Waals surface area contributed by atoms with E-state index >= 15 is 0 Å². The number of ether oxygens (including phenoxy) is 1. The molecule has 0 aromatic heterocycles. The van der Waals surface area contributed by atoms with E-state index in [9.17, 15) is 9.59 Å². The van der Waals surface area contributed by atoms with Crippen LogP contribution in [0.25, 0.3) is 0 Å². The third-order valence-corrected chi connectivity index (χ3v) is 4.82. The highest BCUT2D eigenvalue weighted by atomic mass is 32.2. The van der Waals surface area contributed by atoms with Crippen molar-refractivity contribution < 1.29 is 14.3 Å². The Morgan fingerprint density at radius 3 is 2.44 bits per heavy atom.